The number of benzene rings is 2. The molecule has 0 fully saturated rings. The van der Waals surface area contributed by atoms with E-state index in [-0.39, 0.29) is 17.9 Å². The lowest BCUT2D eigenvalue weighted by Gasteiger charge is -2.14. The van der Waals surface area contributed by atoms with E-state index in [1.54, 1.807) is 18.2 Å². The number of hydrogen-bond acceptors (Lipinski definition) is 3. The number of hydrogen-bond donors (Lipinski definition) is 2. The summed E-state index contributed by atoms with van der Waals surface area (Å²) >= 11 is 6.29. The van der Waals surface area contributed by atoms with Gasteiger partial charge in [0.2, 0.25) is 5.91 Å². The molecule has 0 unspecified atom stereocenters. The first-order valence-electron chi connectivity index (χ1n) is 8.09. The summed E-state index contributed by atoms with van der Waals surface area (Å²) in [4.78, 5) is 23.8. The van der Waals surface area contributed by atoms with Crippen LogP contribution in [0.2, 0.25) is 5.02 Å². The van der Waals surface area contributed by atoms with Gasteiger partial charge in [-0.2, -0.15) is 0 Å². The first kappa shape index (κ1) is 17.3. The van der Waals surface area contributed by atoms with Crippen LogP contribution in [0.25, 0.3) is 0 Å². The molecule has 130 valence electrons. The molecule has 2 N–H and O–H groups in total. The highest BCUT2D eigenvalue weighted by Crippen LogP contribution is 2.29. The Morgan fingerprint density at radius 1 is 1.32 bits per heavy atom. The second-order valence-corrected chi connectivity index (χ2v) is 6.56. The number of nitrogens with one attached hydrogen (secondary N) is 2. The Balaban J connectivity index is 1.69. The first-order chi connectivity index (χ1) is 11.9. The van der Waals surface area contributed by atoms with Gasteiger partial charge in [0, 0.05) is 12.2 Å². The van der Waals surface area contributed by atoms with Crippen LogP contribution in [0.5, 0.6) is 5.75 Å². The molecule has 25 heavy (non-hydrogen) atoms. The quantitative estimate of drug-likeness (QED) is 0.858. The number of carbonyl (C=O) groups excluding carboxylic acids is 2. The van der Waals surface area contributed by atoms with Gasteiger partial charge in [-0.3, -0.25) is 9.59 Å². The van der Waals surface area contributed by atoms with Crippen molar-refractivity contribution in [1.29, 1.82) is 0 Å². The zero-order chi connectivity index (χ0) is 18.0. The van der Waals surface area contributed by atoms with Crippen molar-refractivity contribution < 1.29 is 14.3 Å². The SMILES string of the molecule is CC(C)Oc1cccc(C(=O)NCc2ccc3c(c2)CC(=O)N3)c1Cl. The van der Waals surface area contributed by atoms with Crippen LogP contribution in [0.15, 0.2) is 36.4 Å². The van der Waals surface area contributed by atoms with Crippen LogP contribution >= 0.6 is 11.6 Å². The van der Waals surface area contributed by atoms with Crippen molar-refractivity contribution in [2.45, 2.75) is 32.9 Å². The van der Waals surface area contributed by atoms with Gasteiger partial charge in [-0.15, -0.1) is 0 Å². The minimum atomic E-state index is -0.270. The lowest BCUT2D eigenvalue weighted by atomic mass is 10.1. The number of carbonyl (C=O) groups is 2. The van der Waals surface area contributed by atoms with E-state index in [9.17, 15) is 9.59 Å². The summed E-state index contributed by atoms with van der Waals surface area (Å²) < 4.78 is 5.61. The van der Waals surface area contributed by atoms with E-state index in [0.717, 1.165) is 16.8 Å². The molecule has 0 spiro atoms. The highest BCUT2D eigenvalue weighted by molar-refractivity contribution is 6.35. The molecule has 2 aromatic carbocycles. The topological polar surface area (TPSA) is 67.4 Å². The normalized spacial score (nSPS) is 12.7. The zero-order valence-electron chi connectivity index (χ0n) is 14.1. The van der Waals surface area contributed by atoms with Crippen LogP contribution in [-0.4, -0.2) is 17.9 Å². The Morgan fingerprint density at radius 2 is 2.12 bits per heavy atom. The van der Waals surface area contributed by atoms with Gasteiger partial charge in [-0.05, 0) is 43.2 Å². The Hall–Kier alpha value is -2.53. The lowest BCUT2D eigenvalue weighted by molar-refractivity contribution is -0.115. The average Bonchev–Trinajstić information content (AvgIpc) is 2.93. The van der Waals surface area contributed by atoms with E-state index in [1.165, 1.54) is 0 Å². The van der Waals surface area contributed by atoms with Gasteiger partial charge in [0.1, 0.15) is 5.75 Å². The molecule has 0 aliphatic carbocycles. The molecule has 2 amide bonds. The van der Waals surface area contributed by atoms with E-state index < -0.39 is 0 Å². The third-order valence-electron chi connectivity index (χ3n) is 3.82. The molecule has 1 aliphatic heterocycles. The fourth-order valence-corrected chi connectivity index (χ4v) is 2.96. The zero-order valence-corrected chi connectivity index (χ0v) is 14.8. The maximum absolute atomic E-state index is 12.4. The summed E-state index contributed by atoms with van der Waals surface area (Å²) in [5.41, 5.74) is 3.08. The molecule has 0 atom stereocenters. The molecule has 6 heteroatoms. The van der Waals surface area contributed by atoms with Gasteiger partial charge in [-0.1, -0.05) is 29.8 Å². The molecule has 2 aromatic rings. The predicted molar refractivity (Wildman–Crippen MR) is 97.2 cm³/mol. The fraction of sp³-hybridized carbons (Fsp3) is 0.263. The highest BCUT2D eigenvalue weighted by Gasteiger charge is 2.18. The number of rotatable bonds is 5. The second-order valence-electron chi connectivity index (χ2n) is 6.18. The Morgan fingerprint density at radius 3 is 2.88 bits per heavy atom. The van der Waals surface area contributed by atoms with Crippen molar-refractivity contribution in [2.24, 2.45) is 0 Å². The van der Waals surface area contributed by atoms with Crippen molar-refractivity contribution in [2.75, 3.05) is 5.32 Å². The molecule has 0 radical (unpaired) electrons. The number of amides is 2. The van der Waals surface area contributed by atoms with Gasteiger partial charge >= 0.3 is 0 Å². The van der Waals surface area contributed by atoms with Crippen molar-refractivity contribution in [3.05, 3.63) is 58.1 Å². The van der Waals surface area contributed by atoms with Crippen molar-refractivity contribution in [1.82, 2.24) is 5.32 Å². The molecule has 5 nitrogen and oxygen atoms in total. The summed E-state index contributed by atoms with van der Waals surface area (Å²) in [6.07, 6.45) is 0.343. The number of ether oxygens (including phenoxy) is 1. The largest absolute Gasteiger partial charge is 0.489 e. The molecular formula is C19H19ClN2O3. The number of halogens is 1. The summed E-state index contributed by atoms with van der Waals surface area (Å²) in [6.45, 7) is 4.15. The molecule has 0 saturated heterocycles. The maximum Gasteiger partial charge on any atom is 0.253 e. The van der Waals surface area contributed by atoms with Gasteiger partial charge in [0.05, 0.1) is 23.1 Å². The van der Waals surface area contributed by atoms with Crippen LogP contribution < -0.4 is 15.4 Å². The fourth-order valence-electron chi connectivity index (χ4n) is 2.70. The van der Waals surface area contributed by atoms with Gasteiger partial charge in [0.15, 0.2) is 0 Å². The molecule has 0 bridgehead atoms. The lowest BCUT2D eigenvalue weighted by Crippen LogP contribution is -2.23. The van der Waals surface area contributed by atoms with Gasteiger partial charge < -0.3 is 15.4 Å². The number of fused-ring (bicyclic) bond motifs is 1. The minimum Gasteiger partial charge on any atom is -0.489 e. The average molecular weight is 359 g/mol. The molecule has 0 aromatic heterocycles. The van der Waals surface area contributed by atoms with Crippen LogP contribution in [0, 0.1) is 0 Å². The third-order valence-corrected chi connectivity index (χ3v) is 4.21. The summed E-state index contributed by atoms with van der Waals surface area (Å²) in [7, 11) is 0. The van der Waals surface area contributed by atoms with E-state index in [1.807, 2.05) is 32.0 Å². The molecule has 3 rings (SSSR count). The van der Waals surface area contributed by atoms with Gasteiger partial charge in [0.25, 0.3) is 5.91 Å². The summed E-state index contributed by atoms with van der Waals surface area (Å²) in [5.74, 6) is 0.213. The monoisotopic (exact) mass is 358 g/mol. The highest BCUT2D eigenvalue weighted by atomic mass is 35.5. The Labute approximate surface area is 151 Å². The second kappa shape index (κ2) is 7.15. The molecule has 1 heterocycles. The Bertz CT molecular complexity index is 833. The predicted octanol–water partition coefficient (Wildman–Crippen LogP) is 3.55. The summed E-state index contributed by atoms with van der Waals surface area (Å²) in [6, 6.07) is 10.8. The van der Waals surface area contributed by atoms with Gasteiger partial charge in [-0.25, -0.2) is 0 Å². The summed E-state index contributed by atoms with van der Waals surface area (Å²) in [5, 5.41) is 5.94. The van der Waals surface area contributed by atoms with Crippen LogP contribution in [0.4, 0.5) is 5.69 Å². The minimum absolute atomic E-state index is 0.00932. The standard InChI is InChI=1S/C19H19ClN2O3/c1-11(2)25-16-5-3-4-14(18(16)20)19(24)21-10-12-6-7-15-13(8-12)9-17(23)22-15/h3-8,11H,9-10H2,1-2H3,(H,21,24)(H,22,23). The van der Waals surface area contributed by atoms with E-state index >= 15 is 0 Å². The van der Waals surface area contributed by atoms with E-state index in [0.29, 0.717) is 29.3 Å². The van der Waals surface area contributed by atoms with Crippen LogP contribution in [-0.2, 0) is 17.8 Å². The van der Waals surface area contributed by atoms with E-state index in [4.69, 9.17) is 16.3 Å². The first-order valence-corrected chi connectivity index (χ1v) is 8.47. The maximum atomic E-state index is 12.4. The van der Waals surface area contributed by atoms with E-state index in [2.05, 4.69) is 10.6 Å². The van der Waals surface area contributed by atoms with Crippen LogP contribution in [0.1, 0.15) is 35.3 Å². The third kappa shape index (κ3) is 3.94. The Kier molecular flexibility index (Phi) is 4.95. The molecular weight excluding hydrogens is 340 g/mol. The number of anilines is 1. The molecule has 1 aliphatic rings. The van der Waals surface area contributed by atoms with Crippen LogP contribution in [0.3, 0.4) is 0 Å². The van der Waals surface area contributed by atoms with Crippen molar-refractivity contribution in [3.8, 4) is 5.75 Å². The smallest absolute Gasteiger partial charge is 0.253 e. The molecule has 0 saturated carbocycles. The van der Waals surface area contributed by atoms with Crippen molar-refractivity contribution >= 4 is 29.1 Å². The van der Waals surface area contributed by atoms with Crippen molar-refractivity contribution in [3.63, 3.8) is 0 Å².